The Morgan fingerprint density at radius 3 is 2.13 bits per heavy atom. The van der Waals surface area contributed by atoms with Gasteiger partial charge in [0.2, 0.25) is 0 Å². The predicted molar refractivity (Wildman–Crippen MR) is 96.2 cm³/mol. The van der Waals surface area contributed by atoms with Gasteiger partial charge in [0.15, 0.2) is 11.5 Å². The summed E-state index contributed by atoms with van der Waals surface area (Å²) in [6.45, 7) is 3.87. The molecule has 1 amide bonds. The predicted octanol–water partition coefficient (Wildman–Crippen LogP) is 3.32. The van der Waals surface area contributed by atoms with Gasteiger partial charge in [-0.15, -0.1) is 0 Å². The summed E-state index contributed by atoms with van der Waals surface area (Å²) in [5.74, 6) is 1.64. The van der Waals surface area contributed by atoms with Gasteiger partial charge in [0.25, 0.3) is 5.91 Å². The lowest BCUT2D eigenvalue weighted by molar-refractivity contribution is -0.123. The molecule has 0 radical (unpaired) electrons. The Morgan fingerprint density at radius 1 is 1.09 bits per heavy atom. The molecule has 0 bridgehead atoms. The van der Waals surface area contributed by atoms with Crippen molar-refractivity contribution in [3.05, 3.63) is 22.6 Å². The lowest BCUT2D eigenvalue weighted by Gasteiger charge is -2.18. The standard InChI is InChI=1S/C16H19NO4S2/c1-9(2)17-15(18)14(23-16(17)22)7-10-6-12(20-4)13(21-5)8-11(10)19-3/h6-9H,1-5H3/b14-7-. The molecule has 2 rings (SSSR count). The molecular weight excluding hydrogens is 334 g/mol. The summed E-state index contributed by atoms with van der Waals surface area (Å²) in [5.41, 5.74) is 0.731. The molecule has 1 saturated heterocycles. The maximum absolute atomic E-state index is 12.5. The van der Waals surface area contributed by atoms with Crippen molar-refractivity contribution in [1.29, 1.82) is 0 Å². The highest BCUT2D eigenvalue weighted by Crippen LogP contribution is 2.39. The van der Waals surface area contributed by atoms with Gasteiger partial charge in [0, 0.05) is 17.7 Å². The molecule has 0 saturated carbocycles. The van der Waals surface area contributed by atoms with E-state index in [4.69, 9.17) is 26.4 Å². The second-order valence-electron chi connectivity index (χ2n) is 5.09. The number of methoxy groups -OCH3 is 3. The van der Waals surface area contributed by atoms with Gasteiger partial charge in [0.05, 0.1) is 26.2 Å². The van der Waals surface area contributed by atoms with Crippen LogP contribution in [-0.2, 0) is 4.79 Å². The molecule has 1 fully saturated rings. The number of thioether (sulfide) groups is 1. The van der Waals surface area contributed by atoms with E-state index in [-0.39, 0.29) is 11.9 Å². The molecule has 23 heavy (non-hydrogen) atoms. The SMILES string of the molecule is COc1cc(OC)c(OC)cc1/C=C1\SC(=S)N(C(C)C)C1=O. The lowest BCUT2D eigenvalue weighted by atomic mass is 10.1. The second-order valence-corrected chi connectivity index (χ2v) is 6.77. The third-order valence-electron chi connectivity index (χ3n) is 3.36. The van der Waals surface area contributed by atoms with E-state index in [1.54, 1.807) is 44.4 Å². The molecule has 124 valence electrons. The van der Waals surface area contributed by atoms with Crippen LogP contribution in [-0.4, -0.2) is 42.5 Å². The third-order valence-corrected chi connectivity index (χ3v) is 4.69. The van der Waals surface area contributed by atoms with Crippen molar-refractivity contribution >= 4 is 40.3 Å². The first-order valence-electron chi connectivity index (χ1n) is 7.00. The van der Waals surface area contributed by atoms with E-state index in [1.807, 2.05) is 13.8 Å². The van der Waals surface area contributed by atoms with Crippen molar-refractivity contribution in [3.63, 3.8) is 0 Å². The average molecular weight is 353 g/mol. The molecule has 5 nitrogen and oxygen atoms in total. The maximum atomic E-state index is 12.5. The summed E-state index contributed by atoms with van der Waals surface area (Å²) in [5, 5.41) is 0. The number of carbonyl (C=O) groups excluding carboxylic acids is 1. The van der Waals surface area contributed by atoms with E-state index < -0.39 is 0 Å². The van der Waals surface area contributed by atoms with E-state index >= 15 is 0 Å². The number of amides is 1. The first kappa shape index (κ1) is 17.6. The largest absolute Gasteiger partial charge is 0.496 e. The summed E-state index contributed by atoms with van der Waals surface area (Å²) < 4.78 is 16.5. The number of rotatable bonds is 5. The monoisotopic (exact) mass is 353 g/mol. The highest BCUT2D eigenvalue weighted by molar-refractivity contribution is 8.26. The van der Waals surface area contributed by atoms with Crippen LogP contribution in [0.3, 0.4) is 0 Å². The minimum Gasteiger partial charge on any atom is -0.496 e. The number of ether oxygens (including phenoxy) is 3. The molecule has 1 aliphatic heterocycles. The van der Waals surface area contributed by atoms with Gasteiger partial charge in [-0.25, -0.2) is 0 Å². The molecular formula is C16H19NO4S2. The molecule has 7 heteroatoms. The number of hydrogen-bond acceptors (Lipinski definition) is 6. The smallest absolute Gasteiger partial charge is 0.266 e. The molecule has 0 aliphatic carbocycles. The zero-order valence-electron chi connectivity index (χ0n) is 13.7. The van der Waals surface area contributed by atoms with Gasteiger partial charge < -0.3 is 14.2 Å². The van der Waals surface area contributed by atoms with Gasteiger partial charge in [-0.05, 0) is 26.0 Å². The highest BCUT2D eigenvalue weighted by atomic mass is 32.2. The van der Waals surface area contributed by atoms with Crippen molar-refractivity contribution in [3.8, 4) is 17.2 Å². The fourth-order valence-corrected chi connectivity index (χ4v) is 3.75. The molecule has 0 spiro atoms. The van der Waals surface area contributed by atoms with Crippen molar-refractivity contribution < 1.29 is 19.0 Å². The summed E-state index contributed by atoms with van der Waals surface area (Å²) >= 11 is 6.58. The number of nitrogens with zero attached hydrogens (tertiary/aromatic N) is 1. The molecule has 1 aromatic rings. The number of benzene rings is 1. The quantitative estimate of drug-likeness (QED) is 0.598. The van der Waals surface area contributed by atoms with Crippen molar-refractivity contribution in [2.45, 2.75) is 19.9 Å². The Kier molecular flexibility index (Phi) is 5.54. The molecule has 0 N–H and O–H groups in total. The van der Waals surface area contributed by atoms with Crippen LogP contribution < -0.4 is 14.2 Å². The number of thiocarbonyl (C=S) groups is 1. The minimum absolute atomic E-state index is 0.0284. The van der Waals surface area contributed by atoms with Crippen LogP contribution in [0.4, 0.5) is 0 Å². The lowest BCUT2D eigenvalue weighted by Crippen LogP contribution is -2.34. The van der Waals surface area contributed by atoms with E-state index in [0.717, 1.165) is 5.56 Å². The van der Waals surface area contributed by atoms with E-state index in [1.165, 1.54) is 11.8 Å². The first-order valence-corrected chi connectivity index (χ1v) is 8.22. The summed E-state index contributed by atoms with van der Waals surface area (Å²) in [6.07, 6.45) is 1.77. The van der Waals surface area contributed by atoms with E-state index in [9.17, 15) is 4.79 Å². The van der Waals surface area contributed by atoms with Crippen molar-refractivity contribution in [2.24, 2.45) is 0 Å². The van der Waals surface area contributed by atoms with Crippen LogP contribution >= 0.6 is 24.0 Å². The summed E-state index contributed by atoms with van der Waals surface area (Å²) in [7, 11) is 4.69. The zero-order chi connectivity index (χ0) is 17.1. The van der Waals surface area contributed by atoms with Gasteiger partial charge in [-0.3, -0.25) is 9.69 Å². The second kappa shape index (κ2) is 7.23. The summed E-state index contributed by atoms with van der Waals surface area (Å²) in [4.78, 5) is 14.7. The molecule has 0 atom stereocenters. The molecule has 1 aromatic carbocycles. The Morgan fingerprint density at radius 2 is 1.65 bits per heavy atom. The third kappa shape index (κ3) is 3.45. The molecule has 1 heterocycles. The first-order chi connectivity index (χ1) is 10.9. The van der Waals surface area contributed by atoms with Crippen LogP contribution in [0, 0.1) is 0 Å². The van der Waals surface area contributed by atoms with Gasteiger partial charge in [-0.1, -0.05) is 24.0 Å². The van der Waals surface area contributed by atoms with Gasteiger partial charge in [0.1, 0.15) is 10.1 Å². The van der Waals surface area contributed by atoms with Gasteiger partial charge in [-0.2, -0.15) is 0 Å². The molecule has 0 aromatic heterocycles. The molecule has 0 unspecified atom stereocenters. The van der Waals surface area contributed by atoms with Crippen molar-refractivity contribution in [1.82, 2.24) is 4.90 Å². The highest BCUT2D eigenvalue weighted by Gasteiger charge is 2.34. The van der Waals surface area contributed by atoms with Crippen LogP contribution in [0.1, 0.15) is 19.4 Å². The topological polar surface area (TPSA) is 48.0 Å². The Hall–Kier alpha value is -1.73. The van der Waals surface area contributed by atoms with Crippen LogP contribution in [0.25, 0.3) is 6.08 Å². The van der Waals surface area contributed by atoms with Crippen LogP contribution in [0.5, 0.6) is 17.2 Å². The van der Waals surface area contributed by atoms with Gasteiger partial charge >= 0.3 is 0 Å². The van der Waals surface area contributed by atoms with E-state index in [2.05, 4.69) is 0 Å². The maximum Gasteiger partial charge on any atom is 0.266 e. The minimum atomic E-state index is -0.0909. The Balaban J connectivity index is 2.47. The normalized spacial score (nSPS) is 16.4. The fraction of sp³-hybridized carbons (Fsp3) is 0.375. The Bertz CT molecular complexity index is 670. The number of carbonyl (C=O) groups is 1. The molecule has 1 aliphatic rings. The number of hydrogen-bond donors (Lipinski definition) is 0. The van der Waals surface area contributed by atoms with E-state index in [0.29, 0.717) is 26.5 Å². The zero-order valence-corrected chi connectivity index (χ0v) is 15.3. The van der Waals surface area contributed by atoms with Crippen molar-refractivity contribution in [2.75, 3.05) is 21.3 Å². The van der Waals surface area contributed by atoms with Crippen LogP contribution in [0.15, 0.2) is 17.0 Å². The van der Waals surface area contributed by atoms with Crippen LogP contribution in [0.2, 0.25) is 0 Å². The Labute approximate surface area is 145 Å². The fourth-order valence-electron chi connectivity index (χ4n) is 2.23. The summed E-state index contributed by atoms with van der Waals surface area (Å²) in [6, 6.07) is 3.54. The average Bonchev–Trinajstić information content (AvgIpc) is 2.80.